The Kier molecular flexibility index (Phi) is 7.85. The highest BCUT2D eigenvalue weighted by molar-refractivity contribution is 5.91. The second-order valence-corrected chi connectivity index (χ2v) is 11.8. The zero-order valence-corrected chi connectivity index (χ0v) is 26.0. The molecule has 9 nitrogen and oxygen atoms in total. The highest BCUT2D eigenvalue weighted by Gasteiger charge is 2.36. The van der Waals surface area contributed by atoms with Gasteiger partial charge in [0.15, 0.2) is 11.4 Å². The second-order valence-electron chi connectivity index (χ2n) is 11.8. The van der Waals surface area contributed by atoms with E-state index in [9.17, 15) is 23.2 Å². The monoisotopic (exact) mass is 647 g/mol. The molecular formula is C36H28F3N7O2. The molecule has 48 heavy (non-hydrogen) atoms. The van der Waals surface area contributed by atoms with Crippen LogP contribution in [0, 0.1) is 25.2 Å². The van der Waals surface area contributed by atoms with Crippen LogP contribution in [0.1, 0.15) is 51.3 Å². The quantitative estimate of drug-likeness (QED) is 0.171. The Morgan fingerprint density at radius 2 is 1.69 bits per heavy atom. The predicted molar refractivity (Wildman–Crippen MR) is 175 cm³/mol. The molecule has 3 aromatic carbocycles. The second kappa shape index (κ2) is 12.2. The van der Waals surface area contributed by atoms with Crippen LogP contribution in [0.3, 0.4) is 0 Å². The number of aldehydes is 1. The van der Waals surface area contributed by atoms with Crippen LogP contribution in [0.4, 0.5) is 24.7 Å². The van der Waals surface area contributed by atoms with Crippen molar-refractivity contribution in [1.82, 2.24) is 24.8 Å². The Hall–Kier alpha value is -5.67. The SMILES string of the molecule is Cc1c(Nc2nc(C(F)(F)F)nc3cc(CN4CCCC4)cnc23)cccc1-c1cccc(-c2nc3cc(C=O)cc(C#N)c3o2)c1C. The van der Waals surface area contributed by atoms with Crippen LogP contribution in [0.15, 0.2) is 65.2 Å². The summed E-state index contributed by atoms with van der Waals surface area (Å²) in [6.07, 6.45) is -0.229. The summed E-state index contributed by atoms with van der Waals surface area (Å²) in [7, 11) is 0. The molecule has 1 fully saturated rings. The Balaban J connectivity index is 1.27. The average molecular weight is 648 g/mol. The van der Waals surface area contributed by atoms with Gasteiger partial charge in [0.2, 0.25) is 11.7 Å². The van der Waals surface area contributed by atoms with Crippen molar-refractivity contribution in [3.63, 3.8) is 0 Å². The fourth-order valence-electron chi connectivity index (χ4n) is 6.23. The predicted octanol–water partition coefficient (Wildman–Crippen LogP) is 8.16. The first-order chi connectivity index (χ1) is 23.1. The lowest BCUT2D eigenvalue weighted by molar-refractivity contribution is -0.144. The van der Waals surface area contributed by atoms with E-state index in [1.54, 1.807) is 24.4 Å². The highest BCUT2D eigenvalue weighted by Crippen LogP contribution is 2.38. The third-order valence-corrected chi connectivity index (χ3v) is 8.66. The lowest BCUT2D eigenvalue weighted by atomic mass is 9.93. The molecule has 0 amide bonds. The average Bonchev–Trinajstić information content (AvgIpc) is 3.75. The first-order valence-corrected chi connectivity index (χ1v) is 15.4. The molecule has 0 unspecified atom stereocenters. The molecule has 6 aromatic rings. The van der Waals surface area contributed by atoms with E-state index in [0.717, 1.165) is 53.7 Å². The molecule has 12 heteroatoms. The largest absolute Gasteiger partial charge is 0.451 e. The summed E-state index contributed by atoms with van der Waals surface area (Å²) >= 11 is 0. The molecule has 1 aliphatic heterocycles. The van der Waals surface area contributed by atoms with Gasteiger partial charge >= 0.3 is 6.18 Å². The maximum Gasteiger partial charge on any atom is 0.451 e. The van der Waals surface area contributed by atoms with Gasteiger partial charge in [-0.25, -0.2) is 15.0 Å². The van der Waals surface area contributed by atoms with Crippen molar-refractivity contribution in [1.29, 1.82) is 5.26 Å². The molecule has 4 heterocycles. The fraction of sp³-hybridized carbons (Fsp3) is 0.222. The number of carbonyl (C=O) groups is 1. The van der Waals surface area contributed by atoms with E-state index in [2.05, 4.69) is 36.2 Å². The van der Waals surface area contributed by atoms with Gasteiger partial charge in [-0.05, 0) is 97.9 Å². The number of fused-ring (bicyclic) bond motifs is 2. The number of likely N-dealkylation sites (tertiary alicyclic amines) is 1. The molecule has 0 bridgehead atoms. The van der Waals surface area contributed by atoms with E-state index < -0.39 is 12.0 Å². The van der Waals surface area contributed by atoms with Gasteiger partial charge in [-0.1, -0.05) is 24.3 Å². The van der Waals surface area contributed by atoms with Crippen LogP contribution in [0.25, 0.3) is 44.7 Å². The van der Waals surface area contributed by atoms with Crippen molar-refractivity contribution < 1.29 is 22.4 Å². The minimum absolute atomic E-state index is 0.0414. The summed E-state index contributed by atoms with van der Waals surface area (Å²) in [6.45, 7) is 6.27. The van der Waals surface area contributed by atoms with E-state index >= 15 is 0 Å². The Bertz CT molecular complexity index is 2270. The molecule has 1 N–H and O–H groups in total. The molecule has 7 rings (SSSR count). The Morgan fingerprint density at radius 3 is 2.42 bits per heavy atom. The molecule has 240 valence electrons. The Morgan fingerprint density at radius 1 is 0.958 bits per heavy atom. The molecular weight excluding hydrogens is 619 g/mol. The first-order valence-electron chi connectivity index (χ1n) is 15.4. The number of hydrogen-bond acceptors (Lipinski definition) is 9. The van der Waals surface area contributed by atoms with Crippen LogP contribution in [0.2, 0.25) is 0 Å². The minimum atomic E-state index is -4.75. The van der Waals surface area contributed by atoms with Gasteiger partial charge < -0.3 is 9.73 Å². The minimum Gasteiger partial charge on any atom is -0.435 e. The van der Waals surface area contributed by atoms with Crippen molar-refractivity contribution >= 4 is 39.9 Å². The summed E-state index contributed by atoms with van der Waals surface area (Å²) in [5.41, 5.74) is 6.87. The number of nitrogens with one attached hydrogen (secondary N) is 1. The maximum atomic E-state index is 14.0. The van der Waals surface area contributed by atoms with E-state index in [1.807, 2.05) is 44.2 Å². The van der Waals surface area contributed by atoms with Gasteiger partial charge in [0.05, 0.1) is 11.1 Å². The summed E-state index contributed by atoms with van der Waals surface area (Å²) in [6, 6.07) is 17.9. The van der Waals surface area contributed by atoms with Crippen LogP contribution < -0.4 is 5.32 Å². The number of halogens is 3. The van der Waals surface area contributed by atoms with Crippen LogP contribution in [0.5, 0.6) is 0 Å². The summed E-state index contributed by atoms with van der Waals surface area (Å²) in [5.74, 6) is -0.994. The maximum absolute atomic E-state index is 14.0. The van der Waals surface area contributed by atoms with Gasteiger partial charge in [-0.3, -0.25) is 14.7 Å². The van der Waals surface area contributed by atoms with Crippen molar-refractivity contribution in [2.75, 3.05) is 18.4 Å². The van der Waals surface area contributed by atoms with Crippen molar-refractivity contribution in [2.45, 2.75) is 39.4 Å². The van der Waals surface area contributed by atoms with Crippen LogP contribution in [-0.2, 0) is 12.7 Å². The third kappa shape index (κ3) is 5.73. The van der Waals surface area contributed by atoms with E-state index in [-0.39, 0.29) is 33.9 Å². The van der Waals surface area contributed by atoms with Gasteiger partial charge in [0.25, 0.3) is 0 Å². The van der Waals surface area contributed by atoms with Crippen molar-refractivity contribution in [3.05, 3.63) is 94.4 Å². The van der Waals surface area contributed by atoms with Gasteiger partial charge in [0, 0.05) is 29.6 Å². The smallest absolute Gasteiger partial charge is 0.435 e. The fourth-order valence-corrected chi connectivity index (χ4v) is 6.23. The molecule has 0 radical (unpaired) electrons. The molecule has 3 aromatic heterocycles. The zero-order valence-electron chi connectivity index (χ0n) is 26.0. The molecule has 0 spiro atoms. The lowest BCUT2D eigenvalue weighted by Gasteiger charge is -2.18. The normalized spacial score (nSPS) is 13.7. The topological polar surface area (TPSA) is 121 Å². The lowest BCUT2D eigenvalue weighted by Crippen LogP contribution is -2.18. The highest BCUT2D eigenvalue weighted by atomic mass is 19.4. The zero-order chi connectivity index (χ0) is 33.6. The summed E-state index contributed by atoms with van der Waals surface area (Å²) in [4.78, 5) is 30.5. The summed E-state index contributed by atoms with van der Waals surface area (Å²) < 4.78 is 47.9. The van der Waals surface area contributed by atoms with Gasteiger partial charge in [-0.2, -0.15) is 18.4 Å². The standard InChI is InChI=1S/C36H28F3N7O2/c1-20-25(7-5-9-27(20)34-43-30-14-22(19-47)13-24(16-40)32(30)48-34)26-8-6-10-28(21(26)2)42-33-31-29(44-35(45-33)36(37,38)39)15-23(17-41-31)18-46-11-3-4-12-46/h5-10,13-15,17,19H,3-4,11-12,18H2,1-2H3,(H,42,44,45). The molecule has 1 aliphatic rings. The molecule has 1 saturated heterocycles. The Labute approximate surface area is 273 Å². The number of anilines is 2. The third-order valence-electron chi connectivity index (χ3n) is 8.66. The van der Waals surface area contributed by atoms with Gasteiger partial charge in [-0.15, -0.1) is 0 Å². The van der Waals surface area contributed by atoms with Crippen molar-refractivity contribution in [2.24, 2.45) is 0 Å². The number of benzene rings is 3. The molecule has 0 atom stereocenters. The number of nitriles is 1. The number of oxazole rings is 1. The van der Waals surface area contributed by atoms with Gasteiger partial charge in [0.1, 0.15) is 23.4 Å². The first kappa shape index (κ1) is 31.0. The van der Waals surface area contributed by atoms with E-state index in [1.165, 1.54) is 6.07 Å². The van der Waals surface area contributed by atoms with E-state index in [0.29, 0.717) is 35.2 Å². The number of aromatic nitrogens is 4. The van der Waals surface area contributed by atoms with E-state index in [4.69, 9.17) is 4.42 Å². The molecule has 0 aliphatic carbocycles. The van der Waals surface area contributed by atoms with Crippen LogP contribution in [-0.4, -0.2) is 44.2 Å². The number of hydrogen-bond donors (Lipinski definition) is 1. The number of alkyl halides is 3. The van der Waals surface area contributed by atoms with Crippen LogP contribution >= 0.6 is 0 Å². The number of nitrogens with zero attached hydrogens (tertiary/aromatic N) is 6. The number of rotatable bonds is 7. The molecule has 0 saturated carbocycles. The summed E-state index contributed by atoms with van der Waals surface area (Å²) in [5, 5.41) is 12.7. The number of carbonyl (C=O) groups excluding carboxylic acids is 1. The number of pyridine rings is 1. The van der Waals surface area contributed by atoms with Crippen molar-refractivity contribution in [3.8, 4) is 28.7 Å².